The van der Waals surface area contributed by atoms with Gasteiger partial charge in [-0.25, -0.2) is 23.2 Å². The number of aliphatic hydroxyl groups is 1. The minimum absolute atomic E-state index is 0.0179. The number of aliphatic hydroxyl groups excluding tert-OH is 1. The van der Waals surface area contributed by atoms with E-state index in [1.807, 2.05) is 20.8 Å². The summed E-state index contributed by atoms with van der Waals surface area (Å²) >= 11 is 0. The van der Waals surface area contributed by atoms with Crippen LogP contribution < -0.4 is 4.74 Å². The SMILES string of the molecule is CCOC(=O)C(O)c1c[nH]c2c(F)c(F)c3c(c12)/C=C/S(=O)CC(C)(C)CCCC(C)c1nc(n(C)n1)-c1cc(ccc1F)O3. The van der Waals surface area contributed by atoms with E-state index in [4.69, 9.17) is 9.47 Å². The molecule has 4 bridgehead atoms. The molecule has 0 saturated carbocycles. The molecule has 9 nitrogen and oxygen atoms in total. The van der Waals surface area contributed by atoms with E-state index >= 15 is 13.2 Å². The van der Waals surface area contributed by atoms with Crippen LogP contribution in [0, 0.1) is 22.9 Å². The Bertz CT molecular complexity index is 1820. The summed E-state index contributed by atoms with van der Waals surface area (Å²) in [6, 6.07) is 3.67. The molecule has 3 atom stereocenters. The fourth-order valence-corrected chi connectivity index (χ4v) is 6.83. The number of nitrogens with zero attached hydrogens (tertiary/aromatic N) is 3. The van der Waals surface area contributed by atoms with Crippen molar-refractivity contribution in [1.82, 2.24) is 19.7 Å². The van der Waals surface area contributed by atoms with Gasteiger partial charge in [0.15, 0.2) is 29.3 Å². The van der Waals surface area contributed by atoms with Gasteiger partial charge in [0.05, 0.1) is 17.7 Å². The molecule has 13 heteroatoms. The number of rotatable bonds is 3. The van der Waals surface area contributed by atoms with Crippen LogP contribution in [0.25, 0.3) is 28.4 Å². The highest BCUT2D eigenvalue weighted by Crippen LogP contribution is 2.42. The van der Waals surface area contributed by atoms with Crippen LogP contribution in [0.4, 0.5) is 13.2 Å². The van der Waals surface area contributed by atoms with Gasteiger partial charge >= 0.3 is 5.97 Å². The zero-order valence-corrected chi connectivity index (χ0v) is 26.4. The summed E-state index contributed by atoms with van der Waals surface area (Å²) in [7, 11) is 0.0862. The van der Waals surface area contributed by atoms with Gasteiger partial charge < -0.3 is 19.6 Å². The van der Waals surface area contributed by atoms with Crippen LogP contribution in [-0.2, 0) is 27.4 Å². The lowest BCUT2D eigenvalue weighted by Crippen LogP contribution is -2.20. The molecule has 2 aromatic heterocycles. The number of aryl methyl sites for hydroxylation is 1. The van der Waals surface area contributed by atoms with E-state index in [0.717, 1.165) is 25.3 Å². The van der Waals surface area contributed by atoms with Crippen molar-refractivity contribution in [3.63, 3.8) is 0 Å². The van der Waals surface area contributed by atoms with E-state index in [0.29, 0.717) is 5.82 Å². The first-order valence-electron chi connectivity index (χ1n) is 14.6. The summed E-state index contributed by atoms with van der Waals surface area (Å²) in [6.45, 7) is 7.53. The molecule has 0 spiro atoms. The molecule has 45 heavy (non-hydrogen) atoms. The third-order valence-corrected chi connectivity index (χ3v) is 9.38. The summed E-state index contributed by atoms with van der Waals surface area (Å²) in [6.07, 6.45) is 2.96. The largest absolute Gasteiger partial charge is 0.464 e. The third-order valence-electron chi connectivity index (χ3n) is 7.87. The van der Waals surface area contributed by atoms with Crippen LogP contribution in [0.15, 0.2) is 29.8 Å². The maximum absolute atomic E-state index is 15.8. The summed E-state index contributed by atoms with van der Waals surface area (Å²) in [5.74, 6) is -4.00. The highest BCUT2D eigenvalue weighted by atomic mass is 32.2. The first-order chi connectivity index (χ1) is 21.3. The van der Waals surface area contributed by atoms with Crippen molar-refractivity contribution in [3.8, 4) is 22.9 Å². The molecule has 0 amide bonds. The number of hydrogen-bond acceptors (Lipinski definition) is 7. The quantitative estimate of drug-likeness (QED) is 0.236. The zero-order valence-electron chi connectivity index (χ0n) is 25.6. The molecule has 3 unspecified atom stereocenters. The van der Waals surface area contributed by atoms with E-state index < -0.39 is 46.1 Å². The van der Waals surface area contributed by atoms with E-state index in [1.165, 1.54) is 34.5 Å². The summed E-state index contributed by atoms with van der Waals surface area (Å²) in [5.41, 5.74) is -0.835. The van der Waals surface area contributed by atoms with Crippen LogP contribution in [-0.4, -0.2) is 47.4 Å². The van der Waals surface area contributed by atoms with E-state index in [1.54, 1.807) is 14.0 Å². The number of H-pyrrole nitrogens is 1. The van der Waals surface area contributed by atoms with E-state index in [-0.39, 0.29) is 62.9 Å². The number of halogens is 3. The molecule has 2 N–H and O–H groups in total. The van der Waals surface area contributed by atoms with Crippen molar-refractivity contribution in [1.29, 1.82) is 0 Å². The molecule has 0 fully saturated rings. The molecule has 1 aliphatic heterocycles. The van der Waals surface area contributed by atoms with Gasteiger partial charge in [0.2, 0.25) is 5.82 Å². The van der Waals surface area contributed by atoms with Gasteiger partial charge in [-0.1, -0.05) is 27.2 Å². The number of carbonyl (C=O) groups excluding carboxylic acids is 1. The lowest BCUT2D eigenvalue weighted by Gasteiger charge is -2.24. The number of nitrogens with one attached hydrogen (secondary N) is 1. The molecule has 5 rings (SSSR count). The van der Waals surface area contributed by atoms with Gasteiger partial charge in [0.1, 0.15) is 11.6 Å². The number of benzene rings is 2. The van der Waals surface area contributed by atoms with Gasteiger partial charge in [-0.2, -0.15) is 9.49 Å². The lowest BCUT2D eigenvalue weighted by atomic mass is 9.88. The Morgan fingerprint density at radius 3 is 2.78 bits per heavy atom. The topological polar surface area (TPSA) is 119 Å². The monoisotopic (exact) mass is 644 g/mol. The Hall–Kier alpha value is -3.97. The number of aromatic nitrogens is 4. The van der Waals surface area contributed by atoms with Gasteiger partial charge in [0, 0.05) is 57.6 Å². The summed E-state index contributed by atoms with van der Waals surface area (Å²) in [5, 5.41) is 16.6. The van der Waals surface area contributed by atoms with Crippen molar-refractivity contribution in [2.45, 2.75) is 59.0 Å². The molecular formula is C32H35F3N4O5S. The molecule has 240 valence electrons. The predicted molar refractivity (Wildman–Crippen MR) is 164 cm³/mol. The molecule has 2 aromatic carbocycles. The average molecular weight is 645 g/mol. The zero-order chi connectivity index (χ0) is 32.6. The number of hydrogen-bond donors (Lipinski definition) is 2. The Balaban J connectivity index is 1.74. The molecule has 1 aliphatic rings. The number of esters is 1. The molecule has 0 saturated heterocycles. The smallest absolute Gasteiger partial charge is 0.339 e. The minimum Gasteiger partial charge on any atom is -0.464 e. The number of aromatic amines is 1. The second-order valence-electron chi connectivity index (χ2n) is 12.0. The molecule has 0 aliphatic carbocycles. The van der Waals surface area contributed by atoms with Crippen LogP contribution >= 0.6 is 0 Å². The van der Waals surface area contributed by atoms with Crippen molar-refractivity contribution >= 4 is 33.7 Å². The fourth-order valence-electron chi connectivity index (χ4n) is 5.54. The summed E-state index contributed by atoms with van der Waals surface area (Å²) in [4.78, 5) is 19.7. The highest BCUT2D eigenvalue weighted by molar-refractivity contribution is 7.88. The molecule has 3 heterocycles. The number of ether oxygens (including phenoxy) is 2. The Morgan fingerprint density at radius 1 is 1.29 bits per heavy atom. The first kappa shape index (κ1) is 32.4. The van der Waals surface area contributed by atoms with Crippen LogP contribution in [0.1, 0.15) is 75.9 Å². The van der Waals surface area contributed by atoms with E-state index in [2.05, 4.69) is 15.1 Å². The molecule has 4 aromatic rings. The fraction of sp³-hybridized carbons (Fsp3) is 0.406. The highest BCUT2D eigenvalue weighted by Gasteiger charge is 2.30. The normalized spacial score (nSPS) is 20.0. The minimum atomic E-state index is -1.84. The van der Waals surface area contributed by atoms with Crippen LogP contribution in [0.2, 0.25) is 0 Å². The average Bonchev–Trinajstić information content (AvgIpc) is 3.59. The number of carbonyl (C=O) groups is 1. The molecule has 0 radical (unpaired) electrons. The second-order valence-corrected chi connectivity index (χ2v) is 13.3. The van der Waals surface area contributed by atoms with Crippen molar-refractivity contribution in [3.05, 3.63) is 64.2 Å². The van der Waals surface area contributed by atoms with Gasteiger partial charge in [-0.15, -0.1) is 0 Å². The predicted octanol–water partition coefficient (Wildman–Crippen LogP) is 6.80. The van der Waals surface area contributed by atoms with Gasteiger partial charge in [-0.05, 0) is 49.5 Å². The van der Waals surface area contributed by atoms with Gasteiger partial charge in [0.25, 0.3) is 0 Å². The van der Waals surface area contributed by atoms with Crippen LogP contribution in [0.5, 0.6) is 11.5 Å². The first-order valence-corrected chi connectivity index (χ1v) is 16.0. The Kier molecular flexibility index (Phi) is 9.22. The Morgan fingerprint density at radius 2 is 2.04 bits per heavy atom. The number of fused-ring (bicyclic) bond motifs is 8. The lowest BCUT2D eigenvalue weighted by molar-refractivity contribution is -0.153. The standard InChI is InChI=1S/C32H35F3N4O5S/c1-6-43-31(41)27(40)21-15-36-26-23(21)19-11-13-45(42)16-32(3,4)12-7-8-17(2)29-37-30(39(5)38-29)20-14-18(9-10-22(20)33)44-28(19)25(35)24(26)34/h9-11,13-15,17,27,36,40H,6-8,12,16H2,1-5H3/b13-11+. The van der Waals surface area contributed by atoms with Crippen molar-refractivity contribution in [2.24, 2.45) is 12.5 Å². The maximum atomic E-state index is 15.8. The molecular weight excluding hydrogens is 609 g/mol. The Labute approximate surface area is 260 Å². The van der Waals surface area contributed by atoms with Crippen molar-refractivity contribution < 1.29 is 36.8 Å². The third kappa shape index (κ3) is 6.55. The summed E-state index contributed by atoms with van der Waals surface area (Å²) < 4.78 is 72.1. The maximum Gasteiger partial charge on any atom is 0.339 e. The van der Waals surface area contributed by atoms with Crippen molar-refractivity contribution in [2.75, 3.05) is 12.4 Å². The van der Waals surface area contributed by atoms with E-state index in [9.17, 15) is 14.1 Å². The van der Waals surface area contributed by atoms with Gasteiger partial charge in [-0.3, -0.25) is 4.21 Å². The van der Waals surface area contributed by atoms with Crippen LogP contribution in [0.3, 0.4) is 0 Å². The second kappa shape index (κ2) is 12.8.